The number of nitrogens with zero attached hydrogens (tertiary/aromatic N) is 1. The maximum absolute atomic E-state index is 13.2. The fourth-order valence-electron chi connectivity index (χ4n) is 3.68. The number of carboxylic acids is 1. The first-order valence-electron chi connectivity index (χ1n) is 12.6. The minimum Gasteiger partial charge on any atom is -0.480 e. The fraction of sp³-hybridized carbons (Fsp3) is 0.708. The topological polar surface area (TPSA) is 205 Å². The van der Waals surface area contributed by atoms with Crippen molar-refractivity contribution in [3.8, 4) is 0 Å². The minimum absolute atomic E-state index is 0.0520. The minimum atomic E-state index is -1.13. The Kier molecular flexibility index (Phi) is 13.7. The van der Waals surface area contributed by atoms with Crippen molar-refractivity contribution >= 4 is 23.7 Å². The lowest BCUT2D eigenvalue weighted by Crippen LogP contribution is -2.58. The Morgan fingerprint density at radius 3 is 2.22 bits per heavy atom. The van der Waals surface area contributed by atoms with Gasteiger partial charge in [-0.2, -0.15) is 0 Å². The lowest BCUT2D eigenvalue weighted by atomic mass is 9.96. The number of unbranched alkanes of at least 4 members (excludes halogenated alkanes) is 1. The zero-order valence-corrected chi connectivity index (χ0v) is 21.8. The Morgan fingerprint density at radius 2 is 1.69 bits per heavy atom. The second kappa shape index (κ2) is 15.9. The fourth-order valence-corrected chi connectivity index (χ4v) is 3.68. The van der Waals surface area contributed by atoms with Gasteiger partial charge in [-0.05, 0) is 44.1 Å². The van der Waals surface area contributed by atoms with Crippen LogP contribution in [0.2, 0.25) is 0 Å². The molecule has 1 rings (SSSR count). The van der Waals surface area contributed by atoms with E-state index in [1.807, 2.05) is 20.8 Å². The van der Waals surface area contributed by atoms with E-state index >= 15 is 0 Å². The highest BCUT2D eigenvalue weighted by Crippen LogP contribution is 2.12. The average Bonchev–Trinajstić information content (AvgIpc) is 3.33. The molecule has 12 heteroatoms. The summed E-state index contributed by atoms with van der Waals surface area (Å²) in [5, 5.41) is 17.5. The molecule has 1 aromatic heterocycles. The van der Waals surface area contributed by atoms with Crippen LogP contribution in [-0.2, 0) is 25.6 Å². The molecule has 0 saturated heterocycles. The van der Waals surface area contributed by atoms with Crippen molar-refractivity contribution in [1.82, 2.24) is 25.9 Å². The number of hydrogen-bond donors (Lipinski definition) is 7. The third kappa shape index (κ3) is 10.7. The second-order valence-electron chi connectivity index (χ2n) is 9.63. The summed E-state index contributed by atoms with van der Waals surface area (Å²) in [5.41, 5.74) is 12.3. The number of aromatic nitrogens is 2. The SMILES string of the molecule is CCC(C)C(NC(=O)C(CCCCN)NC(=O)C(N)Cc1cnc[nH]1)C(=O)NC(CC(C)C)C(=O)O. The number of nitrogens with one attached hydrogen (secondary N) is 4. The summed E-state index contributed by atoms with van der Waals surface area (Å²) < 4.78 is 0. The van der Waals surface area contributed by atoms with Crippen LogP contribution < -0.4 is 27.4 Å². The third-order valence-corrected chi connectivity index (χ3v) is 6.03. The average molecular weight is 510 g/mol. The maximum Gasteiger partial charge on any atom is 0.326 e. The molecule has 9 N–H and O–H groups in total. The van der Waals surface area contributed by atoms with E-state index in [4.69, 9.17) is 11.5 Å². The Bertz CT molecular complexity index is 831. The zero-order valence-electron chi connectivity index (χ0n) is 21.8. The quantitative estimate of drug-likeness (QED) is 0.142. The summed E-state index contributed by atoms with van der Waals surface area (Å²) in [6, 6.07) is -3.87. The van der Waals surface area contributed by atoms with E-state index < -0.39 is 47.9 Å². The molecule has 5 unspecified atom stereocenters. The number of aliphatic carboxylic acids is 1. The number of H-pyrrole nitrogens is 1. The third-order valence-electron chi connectivity index (χ3n) is 6.03. The van der Waals surface area contributed by atoms with Crippen molar-refractivity contribution in [3.63, 3.8) is 0 Å². The largest absolute Gasteiger partial charge is 0.480 e. The highest BCUT2D eigenvalue weighted by molar-refractivity contribution is 5.94. The molecule has 0 bridgehead atoms. The molecule has 0 aromatic carbocycles. The molecular formula is C24H43N7O5. The lowest BCUT2D eigenvalue weighted by molar-refractivity contribution is -0.143. The van der Waals surface area contributed by atoms with Gasteiger partial charge in [-0.25, -0.2) is 9.78 Å². The van der Waals surface area contributed by atoms with E-state index in [-0.39, 0.29) is 24.7 Å². The number of carboxylic acid groups (broad SMARTS) is 1. The first kappa shape index (κ1) is 31.0. The molecule has 5 atom stereocenters. The Hall–Kier alpha value is -2.99. The number of carbonyl (C=O) groups is 4. The predicted octanol–water partition coefficient (Wildman–Crippen LogP) is 0.0397. The molecule has 12 nitrogen and oxygen atoms in total. The summed E-state index contributed by atoms with van der Waals surface area (Å²) in [7, 11) is 0. The van der Waals surface area contributed by atoms with E-state index in [1.54, 1.807) is 13.1 Å². The van der Waals surface area contributed by atoms with Crippen molar-refractivity contribution in [2.45, 2.75) is 90.4 Å². The molecule has 1 heterocycles. The van der Waals surface area contributed by atoms with Gasteiger partial charge in [0.25, 0.3) is 0 Å². The van der Waals surface area contributed by atoms with Gasteiger partial charge in [0.05, 0.1) is 12.4 Å². The predicted molar refractivity (Wildman–Crippen MR) is 136 cm³/mol. The standard InChI is InChI=1S/C24H43N7O5/c1-5-15(4)20(23(34)30-19(24(35)36)10-14(2)3)31-22(33)18(8-6-7-9-25)29-21(32)17(26)11-16-12-27-13-28-16/h12-15,17-20H,5-11,25-26H2,1-4H3,(H,27,28)(H,29,32)(H,30,34)(H,31,33)(H,35,36). The van der Waals surface area contributed by atoms with Gasteiger partial charge >= 0.3 is 5.97 Å². The summed E-state index contributed by atoms with van der Waals surface area (Å²) in [6.07, 6.45) is 5.65. The molecule has 0 aliphatic rings. The molecule has 0 radical (unpaired) electrons. The Labute approximate surface area is 212 Å². The van der Waals surface area contributed by atoms with Crippen LogP contribution in [0, 0.1) is 11.8 Å². The van der Waals surface area contributed by atoms with E-state index in [0.717, 1.165) is 0 Å². The number of amides is 3. The summed E-state index contributed by atoms with van der Waals surface area (Å²) in [4.78, 5) is 57.4. The van der Waals surface area contributed by atoms with Crippen LogP contribution in [0.5, 0.6) is 0 Å². The zero-order chi connectivity index (χ0) is 27.3. The molecule has 204 valence electrons. The number of imidazole rings is 1. The van der Waals surface area contributed by atoms with Crippen molar-refractivity contribution in [2.75, 3.05) is 6.54 Å². The molecule has 0 saturated carbocycles. The number of nitrogens with two attached hydrogens (primary N) is 2. The number of carbonyl (C=O) groups excluding carboxylic acids is 3. The van der Waals surface area contributed by atoms with Crippen molar-refractivity contribution in [2.24, 2.45) is 23.3 Å². The van der Waals surface area contributed by atoms with Gasteiger partial charge in [0, 0.05) is 18.3 Å². The molecule has 0 fully saturated rings. The van der Waals surface area contributed by atoms with Crippen LogP contribution in [-0.4, -0.2) is 69.5 Å². The van der Waals surface area contributed by atoms with Crippen LogP contribution in [0.3, 0.4) is 0 Å². The van der Waals surface area contributed by atoms with E-state index in [0.29, 0.717) is 37.9 Å². The van der Waals surface area contributed by atoms with Gasteiger partial charge in [-0.1, -0.05) is 34.1 Å². The van der Waals surface area contributed by atoms with Crippen LogP contribution in [0.15, 0.2) is 12.5 Å². The summed E-state index contributed by atoms with van der Waals surface area (Å²) in [6.45, 7) is 7.83. The van der Waals surface area contributed by atoms with Gasteiger partial charge in [-0.15, -0.1) is 0 Å². The Morgan fingerprint density at radius 1 is 1.03 bits per heavy atom. The van der Waals surface area contributed by atoms with Gasteiger partial charge in [-0.3, -0.25) is 14.4 Å². The van der Waals surface area contributed by atoms with E-state index in [2.05, 4.69) is 25.9 Å². The monoisotopic (exact) mass is 509 g/mol. The summed E-state index contributed by atoms with van der Waals surface area (Å²) in [5.74, 6) is -2.98. The second-order valence-corrected chi connectivity index (χ2v) is 9.63. The maximum atomic E-state index is 13.2. The van der Waals surface area contributed by atoms with Gasteiger partial charge in [0.15, 0.2) is 0 Å². The van der Waals surface area contributed by atoms with E-state index in [1.165, 1.54) is 6.33 Å². The van der Waals surface area contributed by atoms with Crippen molar-refractivity contribution in [3.05, 3.63) is 18.2 Å². The van der Waals surface area contributed by atoms with Gasteiger partial charge in [0.2, 0.25) is 17.7 Å². The summed E-state index contributed by atoms with van der Waals surface area (Å²) >= 11 is 0. The van der Waals surface area contributed by atoms with Crippen LogP contribution >= 0.6 is 0 Å². The molecule has 0 spiro atoms. The molecular weight excluding hydrogens is 466 g/mol. The first-order chi connectivity index (χ1) is 17.0. The highest BCUT2D eigenvalue weighted by Gasteiger charge is 2.32. The highest BCUT2D eigenvalue weighted by atomic mass is 16.4. The molecule has 0 aliphatic heterocycles. The number of hydrogen-bond acceptors (Lipinski definition) is 7. The van der Waals surface area contributed by atoms with Crippen LogP contribution in [0.25, 0.3) is 0 Å². The van der Waals surface area contributed by atoms with Gasteiger partial charge in [0.1, 0.15) is 18.1 Å². The van der Waals surface area contributed by atoms with Crippen LogP contribution in [0.1, 0.15) is 65.5 Å². The number of aromatic amines is 1. The normalized spacial score (nSPS) is 15.4. The van der Waals surface area contributed by atoms with Gasteiger partial charge < -0.3 is 37.5 Å². The lowest BCUT2D eigenvalue weighted by Gasteiger charge is -2.28. The molecule has 0 aliphatic carbocycles. The van der Waals surface area contributed by atoms with Crippen LogP contribution in [0.4, 0.5) is 0 Å². The van der Waals surface area contributed by atoms with Crippen molar-refractivity contribution in [1.29, 1.82) is 0 Å². The Balaban J connectivity index is 2.97. The van der Waals surface area contributed by atoms with E-state index in [9.17, 15) is 24.3 Å². The molecule has 36 heavy (non-hydrogen) atoms. The van der Waals surface area contributed by atoms with Crippen molar-refractivity contribution < 1.29 is 24.3 Å². The number of rotatable bonds is 17. The smallest absolute Gasteiger partial charge is 0.326 e. The molecule has 3 amide bonds. The molecule has 1 aromatic rings. The first-order valence-corrected chi connectivity index (χ1v) is 12.6.